The van der Waals surface area contributed by atoms with Crippen molar-refractivity contribution in [2.45, 2.75) is 38.2 Å². The van der Waals surface area contributed by atoms with Gasteiger partial charge in [0.15, 0.2) is 0 Å². The van der Waals surface area contributed by atoms with Crippen molar-refractivity contribution in [3.63, 3.8) is 0 Å². The van der Waals surface area contributed by atoms with E-state index in [-0.39, 0.29) is 5.91 Å². The third kappa shape index (κ3) is 5.74. The molecule has 1 aliphatic carbocycles. The van der Waals surface area contributed by atoms with E-state index in [1.807, 2.05) is 0 Å². The largest absolute Gasteiger partial charge is 0.377 e. The normalized spacial score (nSPS) is 17.7. The van der Waals surface area contributed by atoms with E-state index >= 15 is 0 Å². The molecular formula is C11H22N2O2. The molecule has 0 spiro atoms. The zero-order valence-electron chi connectivity index (χ0n) is 9.55. The van der Waals surface area contributed by atoms with Crippen LogP contribution in [0.2, 0.25) is 0 Å². The SMILES string of the molecule is CNC(=O)CNCCOC1CCCCC1. The quantitative estimate of drug-likeness (QED) is 0.639. The number of amides is 1. The van der Waals surface area contributed by atoms with Crippen LogP contribution in [0.5, 0.6) is 0 Å². The van der Waals surface area contributed by atoms with E-state index in [2.05, 4.69) is 10.6 Å². The van der Waals surface area contributed by atoms with Crippen LogP contribution < -0.4 is 10.6 Å². The molecule has 1 aliphatic rings. The lowest BCUT2D eigenvalue weighted by Gasteiger charge is -2.21. The Kier molecular flexibility index (Phi) is 6.36. The summed E-state index contributed by atoms with van der Waals surface area (Å²) in [5.74, 6) is 0.0210. The minimum atomic E-state index is 0.0210. The molecule has 15 heavy (non-hydrogen) atoms. The standard InChI is InChI=1S/C11H22N2O2/c1-12-11(14)9-13-7-8-15-10-5-3-2-4-6-10/h10,13H,2-9H2,1H3,(H,12,14). The van der Waals surface area contributed by atoms with Crippen LogP contribution in [-0.4, -0.2) is 38.8 Å². The predicted octanol–water partition coefficient (Wildman–Crippen LogP) is 0.671. The van der Waals surface area contributed by atoms with Crippen LogP contribution >= 0.6 is 0 Å². The van der Waals surface area contributed by atoms with Gasteiger partial charge in [0.05, 0.1) is 19.3 Å². The van der Waals surface area contributed by atoms with E-state index in [0.29, 0.717) is 19.3 Å². The zero-order chi connectivity index (χ0) is 10.9. The van der Waals surface area contributed by atoms with Gasteiger partial charge in [-0.2, -0.15) is 0 Å². The summed E-state index contributed by atoms with van der Waals surface area (Å²) in [4.78, 5) is 10.9. The lowest BCUT2D eigenvalue weighted by Crippen LogP contribution is -2.33. The maximum Gasteiger partial charge on any atom is 0.233 e. The van der Waals surface area contributed by atoms with Crippen molar-refractivity contribution < 1.29 is 9.53 Å². The summed E-state index contributed by atoms with van der Waals surface area (Å²) in [5.41, 5.74) is 0. The minimum absolute atomic E-state index is 0.0210. The molecule has 1 saturated carbocycles. The number of ether oxygens (including phenoxy) is 1. The second kappa shape index (κ2) is 7.65. The van der Waals surface area contributed by atoms with Crippen molar-refractivity contribution in [1.82, 2.24) is 10.6 Å². The molecule has 4 heteroatoms. The number of carbonyl (C=O) groups excluding carboxylic acids is 1. The van der Waals surface area contributed by atoms with Gasteiger partial charge in [-0.1, -0.05) is 19.3 Å². The van der Waals surface area contributed by atoms with Crippen LogP contribution in [0, 0.1) is 0 Å². The summed E-state index contributed by atoms with van der Waals surface area (Å²) in [6, 6.07) is 0. The Bertz CT molecular complexity index is 179. The van der Waals surface area contributed by atoms with E-state index in [4.69, 9.17) is 4.74 Å². The predicted molar refractivity (Wildman–Crippen MR) is 59.8 cm³/mol. The molecule has 4 nitrogen and oxygen atoms in total. The fourth-order valence-electron chi connectivity index (χ4n) is 1.82. The van der Waals surface area contributed by atoms with Crippen molar-refractivity contribution in [3.8, 4) is 0 Å². The summed E-state index contributed by atoms with van der Waals surface area (Å²) in [5, 5.41) is 5.60. The van der Waals surface area contributed by atoms with Crippen LogP contribution in [0.1, 0.15) is 32.1 Å². The third-order valence-electron chi connectivity index (χ3n) is 2.75. The average molecular weight is 214 g/mol. The first-order valence-corrected chi connectivity index (χ1v) is 5.86. The van der Waals surface area contributed by atoms with Gasteiger partial charge in [0.25, 0.3) is 0 Å². The molecule has 0 heterocycles. The van der Waals surface area contributed by atoms with Crippen molar-refractivity contribution in [1.29, 1.82) is 0 Å². The van der Waals surface area contributed by atoms with Gasteiger partial charge in [0.1, 0.15) is 0 Å². The molecule has 1 rings (SSSR count). The average Bonchev–Trinajstić information content (AvgIpc) is 2.29. The van der Waals surface area contributed by atoms with Crippen LogP contribution in [0.3, 0.4) is 0 Å². The smallest absolute Gasteiger partial charge is 0.233 e. The maximum absolute atomic E-state index is 10.9. The van der Waals surface area contributed by atoms with Gasteiger partial charge in [0, 0.05) is 13.6 Å². The second-order valence-electron chi connectivity index (χ2n) is 3.98. The molecule has 0 atom stereocenters. The summed E-state index contributed by atoms with van der Waals surface area (Å²) >= 11 is 0. The number of rotatable bonds is 6. The summed E-state index contributed by atoms with van der Waals surface area (Å²) in [7, 11) is 1.64. The number of nitrogens with one attached hydrogen (secondary N) is 2. The molecule has 0 aromatic heterocycles. The monoisotopic (exact) mass is 214 g/mol. The highest BCUT2D eigenvalue weighted by atomic mass is 16.5. The molecule has 2 N–H and O–H groups in total. The fourth-order valence-corrected chi connectivity index (χ4v) is 1.82. The fraction of sp³-hybridized carbons (Fsp3) is 0.909. The molecule has 1 amide bonds. The molecule has 88 valence electrons. The van der Waals surface area contributed by atoms with Gasteiger partial charge in [0.2, 0.25) is 5.91 Å². The summed E-state index contributed by atoms with van der Waals surface area (Å²) < 4.78 is 5.70. The first-order valence-electron chi connectivity index (χ1n) is 5.86. The highest BCUT2D eigenvalue weighted by Crippen LogP contribution is 2.19. The van der Waals surface area contributed by atoms with E-state index in [0.717, 1.165) is 6.54 Å². The number of hydrogen-bond donors (Lipinski definition) is 2. The van der Waals surface area contributed by atoms with Gasteiger partial charge >= 0.3 is 0 Å². The Labute approximate surface area is 91.8 Å². The summed E-state index contributed by atoms with van der Waals surface area (Å²) in [6.45, 7) is 1.84. The zero-order valence-corrected chi connectivity index (χ0v) is 9.55. The Hall–Kier alpha value is -0.610. The second-order valence-corrected chi connectivity index (χ2v) is 3.98. The van der Waals surface area contributed by atoms with Crippen LogP contribution in [0.15, 0.2) is 0 Å². The lowest BCUT2D eigenvalue weighted by atomic mass is 9.98. The summed E-state index contributed by atoms with van der Waals surface area (Å²) in [6.07, 6.45) is 6.83. The first kappa shape index (κ1) is 12.5. The van der Waals surface area contributed by atoms with Gasteiger partial charge < -0.3 is 15.4 Å². The van der Waals surface area contributed by atoms with Gasteiger partial charge in [-0.3, -0.25) is 4.79 Å². The highest BCUT2D eigenvalue weighted by Gasteiger charge is 2.12. The van der Waals surface area contributed by atoms with E-state index < -0.39 is 0 Å². The number of carbonyl (C=O) groups is 1. The number of likely N-dealkylation sites (N-methyl/N-ethyl adjacent to an activating group) is 1. The molecule has 0 aromatic carbocycles. The van der Waals surface area contributed by atoms with Crippen LogP contribution in [0.4, 0.5) is 0 Å². The lowest BCUT2D eigenvalue weighted by molar-refractivity contribution is -0.119. The van der Waals surface area contributed by atoms with Gasteiger partial charge in [-0.25, -0.2) is 0 Å². The highest BCUT2D eigenvalue weighted by molar-refractivity contribution is 5.77. The molecular weight excluding hydrogens is 192 g/mol. The maximum atomic E-state index is 10.9. The molecule has 0 saturated heterocycles. The molecule has 0 unspecified atom stereocenters. The van der Waals surface area contributed by atoms with Gasteiger partial charge in [-0.05, 0) is 12.8 Å². The third-order valence-corrected chi connectivity index (χ3v) is 2.75. The van der Waals surface area contributed by atoms with Crippen molar-refractivity contribution in [2.24, 2.45) is 0 Å². The molecule has 0 bridgehead atoms. The Morgan fingerprint density at radius 3 is 2.73 bits per heavy atom. The van der Waals surface area contributed by atoms with E-state index in [1.54, 1.807) is 7.05 Å². The number of hydrogen-bond acceptors (Lipinski definition) is 3. The molecule has 0 aromatic rings. The topological polar surface area (TPSA) is 50.4 Å². The molecule has 0 aliphatic heterocycles. The van der Waals surface area contributed by atoms with Crippen LogP contribution in [-0.2, 0) is 9.53 Å². The van der Waals surface area contributed by atoms with Gasteiger partial charge in [-0.15, -0.1) is 0 Å². The Morgan fingerprint density at radius 2 is 2.07 bits per heavy atom. The Balaban J connectivity index is 1.89. The molecule has 0 radical (unpaired) electrons. The van der Waals surface area contributed by atoms with Crippen molar-refractivity contribution in [2.75, 3.05) is 26.7 Å². The minimum Gasteiger partial charge on any atom is -0.377 e. The molecule has 1 fully saturated rings. The van der Waals surface area contributed by atoms with Crippen molar-refractivity contribution >= 4 is 5.91 Å². The van der Waals surface area contributed by atoms with Crippen molar-refractivity contribution in [3.05, 3.63) is 0 Å². The first-order chi connectivity index (χ1) is 7.33. The van der Waals surface area contributed by atoms with Crippen LogP contribution in [0.25, 0.3) is 0 Å². The van der Waals surface area contributed by atoms with E-state index in [9.17, 15) is 4.79 Å². The Morgan fingerprint density at radius 1 is 1.33 bits per heavy atom. The van der Waals surface area contributed by atoms with E-state index in [1.165, 1.54) is 32.1 Å².